The van der Waals surface area contributed by atoms with Gasteiger partial charge in [0.1, 0.15) is 6.07 Å². The van der Waals surface area contributed by atoms with Crippen molar-refractivity contribution in [3.63, 3.8) is 0 Å². The van der Waals surface area contributed by atoms with Crippen molar-refractivity contribution in [2.24, 2.45) is 0 Å². The summed E-state index contributed by atoms with van der Waals surface area (Å²) in [6.45, 7) is 3.40. The van der Waals surface area contributed by atoms with E-state index in [1.54, 1.807) is 6.07 Å². The lowest BCUT2D eigenvalue weighted by Gasteiger charge is -2.11. The second-order valence-electron chi connectivity index (χ2n) is 3.10. The van der Waals surface area contributed by atoms with Gasteiger partial charge in [-0.05, 0) is 6.42 Å². The summed E-state index contributed by atoms with van der Waals surface area (Å²) >= 11 is 0. The van der Waals surface area contributed by atoms with Gasteiger partial charge in [-0.25, -0.2) is 0 Å². The number of hydrogen-bond donors (Lipinski definition) is 0. The Hall–Kier alpha value is -1.11. The number of nitriles is 1. The largest absolute Gasteiger partial charge is 0.302 e. The minimum Gasteiger partial charge on any atom is -0.263 e. The molecule has 0 fully saturated rings. The summed E-state index contributed by atoms with van der Waals surface area (Å²) in [6.07, 6.45) is 3.07. The van der Waals surface area contributed by atoms with Crippen LogP contribution in [0, 0.1) is 21.4 Å². The number of rotatable bonds is 5. The Morgan fingerprint density at radius 3 is 2.50 bits per heavy atom. The molecule has 0 aliphatic heterocycles. The molecule has 0 radical (unpaired) electrons. The van der Waals surface area contributed by atoms with Gasteiger partial charge in [-0.3, -0.25) is 10.1 Å². The van der Waals surface area contributed by atoms with E-state index in [-0.39, 0.29) is 0 Å². The number of nitrogens with zero attached hydrogens (tertiary/aromatic N) is 2. The standard InChI is InChI=1S/C8H14N2O2/c1-3-4-5-6-8(2,7-9)10(11)12/h3-6H2,1-2H3/t8-/m1/s1. The van der Waals surface area contributed by atoms with Gasteiger partial charge in [-0.1, -0.05) is 19.8 Å². The average molecular weight is 170 g/mol. The molecular formula is C8H14N2O2. The van der Waals surface area contributed by atoms with Gasteiger partial charge in [-0.15, -0.1) is 0 Å². The van der Waals surface area contributed by atoms with Crippen molar-refractivity contribution in [1.29, 1.82) is 5.26 Å². The highest BCUT2D eigenvalue weighted by molar-refractivity contribution is 4.96. The molecule has 0 aromatic heterocycles. The summed E-state index contributed by atoms with van der Waals surface area (Å²) < 4.78 is 0. The highest BCUT2D eigenvalue weighted by Gasteiger charge is 2.35. The SMILES string of the molecule is CCCCC[C@](C)(C#N)[N+](=O)[O-]. The molecule has 1 atom stereocenters. The maximum atomic E-state index is 10.4. The number of hydrogen-bond acceptors (Lipinski definition) is 3. The third-order valence-electron chi connectivity index (χ3n) is 1.91. The van der Waals surface area contributed by atoms with Crippen LogP contribution in [0.3, 0.4) is 0 Å². The Kier molecular flexibility index (Phi) is 4.27. The summed E-state index contributed by atoms with van der Waals surface area (Å²) in [4.78, 5) is 9.93. The molecule has 12 heavy (non-hydrogen) atoms. The van der Waals surface area contributed by atoms with Crippen LogP contribution in [0.1, 0.15) is 39.5 Å². The van der Waals surface area contributed by atoms with E-state index < -0.39 is 10.5 Å². The van der Waals surface area contributed by atoms with Gasteiger partial charge in [0.05, 0.1) is 0 Å². The lowest BCUT2D eigenvalue weighted by atomic mass is 9.97. The fourth-order valence-electron chi connectivity index (χ4n) is 0.907. The molecule has 0 aromatic carbocycles. The van der Waals surface area contributed by atoms with Crippen molar-refractivity contribution in [3.05, 3.63) is 10.1 Å². The van der Waals surface area contributed by atoms with Crippen LogP contribution in [0.2, 0.25) is 0 Å². The van der Waals surface area contributed by atoms with E-state index in [2.05, 4.69) is 0 Å². The van der Waals surface area contributed by atoms with Gasteiger partial charge in [0.25, 0.3) is 0 Å². The molecular weight excluding hydrogens is 156 g/mol. The van der Waals surface area contributed by atoms with Crippen LogP contribution in [0.15, 0.2) is 0 Å². The fraction of sp³-hybridized carbons (Fsp3) is 0.875. The summed E-state index contributed by atoms with van der Waals surface area (Å²) in [6, 6.07) is 1.74. The molecule has 0 saturated carbocycles. The van der Waals surface area contributed by atoms with Gasteiger partial charge in [0.15, 0.2) is 0 Å². The Labute approximate surface area is 72.3 Å². The number of nitro groups is 1. The molecule has 0 rings (SSSR count). The molecule has 0 spiro atoms. The van der Waals surface area contributed by atoms with Crippen LogP contribution < -0.4 is 0 Å². The first-order valence-electron chi connectivity index (χ1n) is 4.12. The minimum absolute atomic E-state index is 0.352. The van der Waals surface area contributed by atoms with Crippen molar-refractivity contribution in [2.45, 2.75) is 45.1 Å². The second-order valence-corrected chi connectivity index (χ2v) is 3.10. The Bertz CT molecular complexity index is 198. The molecule has 4 heteroatoms. The van der Waals surface area contributed by atoms with Gasteiger partial charge >= 0.3 is 5.54 Å². The third-order valence-corrected chi connectivity index (χ3v) is 1.91. The summed E-state index contributed by atoms with van der Waals surface area (Å²) in [5.74, 6) is 0. The topological polar surface area (TPSA) is 66.9 Å². The van der Waals surface area contributed by atoms with Gasteiger partial charge in [0.2, 0.25) is 0 Å². The van der Waals surface area contributed by atoms with Crippen LogP contribution in [0.25, 0.3) is 0 Å². The van der Waals surface area contributed by atoms with Crippen molar-refractivity contribution >= 4 is 0 Å². The van der Waals surface area contributed by atoms with Crippen molar-refractivity contribution in [2.75, 3.05) is 0 Å². The van der Waals surface area contributed by atoms with Crippen LogP contribution in [0.5, 0.6) is 0 Å². The quantitative estimate of drug-likeness (QED) is 0.360. The lowest BCUT2D eigenvalue weighted by molar-refractivity contribution is -0.548. The molecule has 0 heterocycles. The molecule has 0 amide bonds. The maximum absolute atomic E-state index is 10.4. The van der Waals surface area contributed by atoms with Crippen molar-refractivity contribution in [3.8, 4) is 6.07 Å². The summed E-state index contributed by atoms with van der Waals surface area (Å²) in [5, 5.41) is 19.0. The van der Waals surface area contributed by atoms with E-state index in [4.69, 9.17) is 5.26 Å². The second kappa shape index (κ2) is 4.70. The first-order chi connectivity index (χ1) is 5.56. The highest BCUT2D eigenvalue weighted by Crippen LogP contribution is 2.17. The fourth-order valence-corrected chi connectivity index (χ4v) is 0.907. The maximum Gasteiger partial charge on any atom is 0.302 e. The summed E-state index contributed by atoms with van der Waals surface area (Å²) in [5.41, 5.74) is -1.38. The van der Waals surface area contributed by atoms with Crippen LogP contribution in [-0.2, 0) is 0 Å². The van der Waals surface area contributed by atoms with Gasteiger partial charge in [0, 0.05) is 18.3 Å². The zero-order chi connectivity index (χ0) is 9.61. The predicted molar refractivity (Wildman–Crippen MR) is 45.2 cm³/mol. The van der Waals surface area contributed by atoms with Crippen molar-refractivity contribution < 1.29 is 4.92 Å². The van der Waals surface area contributed by atoms with Crippen LogP contribution in [-0.4, -0.2) is 10.5 Å². The molecule has 0 unspecified atom stereocenters. The Balaban J connectivity index is 4.00. The zero-order valence-corrected chi connectivity index (χ0v) is 7.54. The molecule has 0 aliphatic carbocycles. The van der Waals surface area contributed by atoms with E-state index >= 15 is 0 Å². The van der Waals surface area contributed by atoms with Crippen LogP contribution >= 0.6 is 0 Å². The van der Waals surface area contributed by atoms with E-state index in [1.165, 1.54) is 6.92 Å². The lowest BCUT2D eigenvalue weighted by Crippen LogP contribution is -2.32. The zero-order valence-electron chi connectivity index (χ0n) is 7.54. The molecule has 0 N–H and O–H groups in total. The van der Waals surface area contributed by atoms with E-state index in [9.17, 15) is 10.1 Å². The van der Waals surface area contributed by atoms with Gasteiger partial charge in [-0.2, -0.15) is 5.26 Å². The minimum atomic E-state index is -1.38. The Morgan fingerprint density at radius 2 is 2.17 bits per heavy atom. The molecule has 0 aliphatic rings. The van der Waals surface area contributed by atoms with E-state index in [0.717, 1.165) is 19.3 Å². The smallest absolute Gasteiger partial charge is 0.263 e. The number of unbranched alkanes of at least 4 members (excludes halogenated alkanes) is 2. The predicted octanol–water partition coefficient (Wildman–Crippen LogP) is 2.13. The molecule has 68 valence electrons. The average Bonchev–Trinajstić information content (AvgIpc) is 2.04. The highest BCUT2D eigenvalue weighted by atomic mass is 16.6. The Morgan fingerprint density at radius 1 is 1.58 bits per heavy atom. The third kappa shape index (κ3) is 2.87. The van der Waals surface area contributed by atoms with E-state index in [1.807, 2.05) is 6.92 Å². The molecule has 0 saturated heterocycles. The molecule has 0 bridgehead atoms. The van der Waals surface area contributed by atoms with Crippen LogP contribution in [0.4, 0.5) is 0 Å². The molecule has 4 nitrogen and oxygen atoms in total. The van der Waals surface area contributed by atoms with Crippen molar-refractivity contribution in [1.82, 2.24) is 0 Å². The molecule has 0 aromatic rings. The normalized spacial score (nSPS) is 14.8. The van der Waals surface area contributed by atoms with Gasteiger partial charge < -0.3 is 0 Å². The summed E-state index contributed by atoms with van der Waals surface area (Å²) in [7, 11) is 0. The first-order valence-corrected chi connectivity index (χ1v) is 4.12. The first kappa shape index (κ1) is 10.9. The van der Waals surface area contributed by atoms with E-state index in [0.29, 0.717) is 6.42 Å². The monoisotopic (exact) mass is 170 g/mol.